The topological polar surface area (TPSA) is 9.23 Å². The molecule has 0 unspecified atom stereocenters. The lowest BCUT2D eigenvalue weighted by molar-refractivity contribution is -0.0335. The minimum atomic E-state index is -4.60. The lowest BCUT2D eigenvalue weighted by atomic mass is 9.69. The van der Waals surface area contributed by atoms with Crippen LogP contribution in [-0.2, 0) is 4.74 Å². The largest absolute Gasteiger partial charge is 0.478 e. The monoisotopic (exact) mass is 221 g/mol. The maximum absolute atomic E-state index is 12.2. The molecule has 0 amide bonds. The summed E-state index contributed by atoms with van der Waals surface area (Å²) in [7, 11) is 0. The van der Waals surface area contributed by atoms with Crippen LogP contribution in [0.4, 0.5) is 12.9 Å². The molecule has 15 heavy (non-hydrogen) atoms. The fourth-order valence-electron chi connectivity index (χ4n) is 2.97. The van der Waals surface area contributed by atoms with E-state index in [0.717, 1.165) is 32.3 Å². The van der Waals surface area contributed by atoms with Crippen LogP contribution in [0.1, 0.15) is 38.5 Å². The van der Waals surface area contributed by atoms with E-state index in [9.17, 15) is 12.9 Å². The summed E-state index contributed by atoms with van der Waals surface area (Å²) in [6.45, 7) is -3.80. The second kappa shape index (κ2) is 4.00. The predicted octanol–water partition coefficient (Wildman–Crippen LogP) is 3.57. The minimum Gasteiger partial charge on any atom is -0.449 e. The third-order valence-electron chi connectivity index (χ3n) is 3.80. The number of halogens is 3. The Morgan fingerprint density at radius 1 is 1.13 bits per heavy atom. The fourth-order valence-corrected chi connectivity index (χ4v) is 2.97. The molecule has 1 saturated heterocycles. The molecule has 0 aromatic carbocycles. The zero-order chi connectivity index (χ0) is 10.9. The molecule has 0 aromatic heterocycles. The average molecular weight is 221 g/mol. The summed E-state index contributed by atoms with van der Waals surface area (Å²) in [6.07, 6.45) is 4.65. The van der Waals surface area contributed by atoms with Gasteiger partial charge in [-0.15, -0.1) is 0 Å². The van der Waals surface area contributed by atoms with Gasteiger partial charge in [0.1, 0.15) is 0 Å². The van der Waals surface area contributed by atoms with Crippen molar-refractivity contribution < 1.29 is 17.7 Å². The molecule has 1 nitrogen and oxygen atoms in total. The second-order valence-electron chi connectivity index (χ2n) is 5.02. The van der Waals surface area contributed by atoms with Crippen molar-refractivity contribution >= 4 is 6.98 Å². The Kier molecular flexibility index (Phi) is 3.01. The van der Waals surface area contributed by atoms with E-state index in [4.69, 9.17) is 4.74 Å². The molecule has 0 radical (unpaired) electrons. The van der Waals surface area contributed by atoms with Crippen LogP contribution in [0.5, 0.6) is 0 Å². The van der Waals surface area contributed by atoms with E-state index in [1.165, 1.54) is 0 Å². The Labute approximate surface area is 88.4 Å². The van der Waals surface area contributed by atoms with Gasteiger partial charge in [0.05, 0.1) is 5.60 Å². The van der Waals surface area contributed by atoms with E-state index in [-0.39, 0.29) is 11.5 Å². The van der Waals surface area contributed by atoms with Crippen LogP contribution in [0.15, 0.2) is 0 Å². The second-order valence-corrected chi connectivity index (χ2v) is 5.02. The van der Waals surface area contributed by atoms with Gasteiger partial charge in [-0.1, -0.05) is 25.1 Å². The molecule has 1 spiro atoms. The van der Waals surface area contributed by atoms with E-state index < -0.39 is 13.3 Å². The number of hydrogen-bond acceptors (Lipinski definition) is 1. The van der Waals surface area contributed by atoms with Gasteiger partial charge in [0, 0.05) is 6.61 Å². The number of ether oxygens (including phenoxy) is 1. The molecule has 2 fully saturated rings. The van der Waals surface area contributed by atoms with Crippen molar-refractivity contribution in [1.29, 1.82) is 0 Å². The Bertz CT molecular complexity index is 213. The quantitative estimate of drug-likeness (QED) is 0.647. The van der Waals surface area contributed by atoms with E-state index in [1.54, 1.807) is 0 Å². The maximum Gasteiger partial charge on any atom is 0.478 e. The van der Waals surface area contributed by atoms with Gasteiger partial charge >= 0.3 is 6.98 Å². The van der Waals surface area contributed by atoms with Crippen molar-refractivity contribution in [3.8, 4) is 0 Å². The van der Waals surface area contributed by atoms with Crippen molar-refractivity contribution in [3.05, 3.63) is 0 Å². The number of hydrogen-bond donors (Lipinski definition) is 0. The Hall–Kier alpha value is -0.185. The van der Waals surface area contributed by atoms with Crippen LogP contribution in [0.3, 0.4) is 0 Å². The van der Waals surface area contributed by atoms with Gasteiger partial charge in [-0.05, 0) is 25.7 Å². The van der Waals surface area contributed by atoms with Crippen LogP contribution in [-0.4, -0.2) is 19.2 Å². The fraction of sp³-hybridized carbons (Fsp3) is 1.00. The van der Waals surface area contributed by atoms with Crippen molar-refractivity contribution in [1.82, 2.24) is 0 Å². The molecular formula is C10H17BF3O-. The van der Waals surface area contributed by atoms with E-state index in [1.807, 2.05) is 0 Å². The summed E-state index contributed by atoms with van der Waals surface area (Å²) in [6, 6.07) is 0. The van der Waals surface area contributed by atoms with Gasteiger partial charge in [-0.25, -0.2) is 0 Å². The van der Waals surface area contributed by atoms with E-state index >= 15 is 0 Å². The van der Waals surface area contributed by atoms with Crippen molar-refractivity contribution in [2.75, 3.05) is 6.61 Å². The molecule has 2 aliphatic rings. The zero-order valence-corrected chi connectivity index (χ0v) is 8.85. The number of rotatable bonds is 2. The highest BCUT2D eigenvalue weighted by Crippen LogP contribution is 2.43. The smallest absolute Gasteiger partial charge is 0.449 e. The molecule has 2 rings (SSSR count). The SMILES string of the molecule is F[B-](F)(F)CC1CCC2(CCCO2)CC1. The van der Waals surface area contributed by atoms with Crippen molar-refractivity contribution in [2.45, 2.75) is 50.4 Å². The third-order valence-corrected chi connectivity index (χ3v) is 3.80. The van der Waals surface area contributed by atoms with E-state index in [0.29, 0.717) is 12.8 Å². The summed E-state index contributed by atoms with van der Waals surface area (Å²) >= 11 is 0. The highest BCUT2D eigenvalue weighted by molar-refractivity contribution is 6.58. The first-order valence-electron chi connectivity index (χ1n) is 5.84. The Morgan fingerprint density at radius 3 is 2.27 bits per heavy atom. The molecule has 1 heterocycles. The maximum atomic E-state index is 12.2. The van der Waals surface area contributed by atoms with Gasteiger partial charge in [0.25, 0.3) is 0 Å². The lowest BCUT2D eigenvalue weighted by Crippen LogP contribution is -2.34. The van der Waals surface area contributed by atoms with Crippen LogP contribution in [0.25, 0.3) is 0 Å². The van der Waals surface area contributed by atoms with Gasteiger partial charge in [0.2, 0.25) is 0 Å². The molecule has 1 saturated carbocycles. The summed E-state index contributed by atoms with van der Waals surface area (Å²) in [4.78, 5) is 0. The van der Waals surface area contributed by atoms with E-state index in [2.05, 4.69) is 0 Å². The standard InChI is InChI=1S/C10H17BF3O/c12-11(13,14)8-9-2-5-10(6-3-9)4-1-7-15-10/h9H,1-8H2/q-1. The first kappa shape index (κ1) is 11.3. The van der Waals surface area contributed by atoms with Crippen LogP contribution < -0.4 is 0 Å². The summed E-state index contributed by atoms with van der Waals surface area (Å²) in [5.41, 5.74) is -0.0326. The Morgan fingerprint density at radius 2 is 1.80 bits per heavy atom. The normalized spacial score (nSPS) is 37.4. The first-order valence-corrected chi connectivity index (χ1v) is 5.84. The summed E-state index contributed by atoms with van der Waals surface area (Å²) in [5, 5.41) is 0. The third kappa shape index (κ3) is 2.89. The molecule has 0 aromatic rings. The van der Waals surface area contributed by atoms with Gasteiger partial charge < -0.3 is 17.7 Å². The van der Waals surface area contributed by atoms with Crippen LogP contribution in [0, 0.1) is 5.92 Å². The molecule has 1 aliphatic heterocycles. The molecule has 1 aliphatic carbocycles. The highest BCUT2D eigenvalue weighted by atomic mass is 19.4. The van der Waals surface area contributed by atoms with Gasteiger partial charge in [0.15, 0.2) is 0 Å². The van der Waals surface area contributed by atoms with Crippen LogP contribution >= 0.6 is 0 Å². The summed E-state index contributed by atoms with van der Waals surface area (Å²) < 4.78 is 42.4. The first-order chi connectivity index (χ1) is 6.99. The average Bonchev–Trinajstić information content (AvgIpc) is 2.56. The molecule has 0 bridgehead atoms. The Balaban J connectivity index is 1.81. The van der Waals surface area contributed by atoms with Crippen LogP contribution in [0.2, 0.25) is 6.32 Å². The van der Waals surface area contributed by atoms with Crippen molar-refractivity contribution in [3.63, 3.8) is 0 Å². The predicted molar refractivity (Wildman–Crippen MR) is 53.8 cm³/mol. The molecule has 88 valence electrons. The van der Waals surface area contributed by atoms with Gasteiger partial charge in [-0.3, -0.25) is 0 Å². The molecule has 0 N–H and O–H groups in total. The zero-order valence-electron chi connectivity index (χ0n) is 8.85. The molecule has 0 atom stereocenters. The highest BCUT2D eigenvalue weighted by Gasteiger charge is 2.40. The van der Waals surface area contributed by atoms with Gasteiger partial charge in [-0.2, -0.15) is 0 Å². The lowest BCUT2D eigenvalue weighted by Gasteiger charge is -2.38. The minimum absolute atomic E-state index is 0.0326. The van der Waals surface area contributed by atoms with Crippen molar-refractivity contribution in [2.24, 2.45) is 5.92 Å². The molecular weight excluding hydrogens is 204 g/mol. The summed E-state index contributed by atoms with van der Waals surface area (Å²) in [5.74, 6) is -0.139. The molecule has 5 heteroatoms.